The van der Waals surface area contributed by atoms with Crippen molar-refractivity contribution < 1.29 is 14.3 Å². The second-order valence-electron chi connectivity index (χ2n) is 7.62. The third kappa shape index (κ3) is 3.26. The smallest absolute Gasteiger partial charge is 0.335 e. The topological polar surface area (TPSA) is 93.8 Å². The molecule has 5 rings (SSSR count). The van der Waals surface area contributed by atoms with E-state index in [2.05, 4.69) is 19.9 Å². The number of hydrogen-bond acceptors (Lipinski definition) is 5. The highest BCUT2D eigenvalue weighted by Crippen LogP contribution is 2.30. The number of pyridine rings is 1. The Morgan fingerprint density at radius 2 is 1.88 bits per heavy atom. The van der Waals surface area contributed by atoms with Gasteiger partial charge >= 0.3 is 5.97 Å². The largest absolute Gasteiger partial charge is 0.478 e. The molecule has 1 atom stereocenters. The number of aryl methyl sites for hydroxylation is 1. The number of aromatic nitrogens is 5. The van der Waals surface area contributed by atoms with E-state index in [4.69, 9.17) is 5.11 Å². The van der Waals surface area contributed by atoms with Crippen LogP contribution in [-0.4, -0.2) is 35.6 Å². The lowest BCUT2D eigenvalue weighted by molar-refractivity contribution is 0.0697. The third-order valence-electron chi connectivity index (χ3n) is 5.62. The highest BCUT2D eigenvalue weighted by atomic mass is 19.1. The highest BCUT2D eigenvalue weighted by Gasteiger charge is 2.21. The standard InChI is InChI=1S/C24H18FN5O2/c1-13-10-19-17(4-3-9-26-19)11-18(13)14(2)30-22-21(29-24(30)25)27-12-20(28-22)15-5-7-16(8-6-15)23(31)32/h3-12,14H,1-2H3,(H,31,32). The van der Waals surface area contributed by atoms with Gasteiger partial charge in [0.15, 0.2) is 11.3 Å². The van der Waals surface area contributed by atoms with Crippen molar-refractivity contribution in [3.05, 3.63) is 83.7 Å². The van der Waals surface area contributed by atoms with Crippen molar-refractivity contribution in [2.45, 2.75) is 19.9 Å². The van der Waals surface area contributed by atoms with Gasteiger partial charge in [-0.05, 0) is 55.3 Å². The summed E-state index contributed by atoms with van der Waals surface area (Å²) in [7, 11) is 0. The zero-order valence-corrected chi connectivity index (χ0v) is 17.3. The Bertz CT molecular complexity index is 1490. The molecular weight excluding hydrogens is 409 g/mol. The minimum Gasteiger partial charge on any atom is -0.478 e. The zero-order chi connectivity index (χ0) is 22.4. The zero-order valence-electron chi connectivity index (χ0n) is 17.3. The number of rotatable bonds is 4. The average Bonchev–Trinajstić information content (AvgIpc) is 3.13. The Labute approximate surface area is 182 Å². The van der Waals surface area contributed by atoms with Gasteiger partial charge in [-0.25, -0.2) is 14.8 Å². The third-order valence-corrected chi connectivity index (χ3v) is 5.62. The average molecular weight is 427 g/mol. The van der Waals surface area contributed by atoms with Crippen molar-refractivity contribution in [3.63, 3.8) is 0 Å². The maximum Gasteiger partial charge on any atom is 0.335 e. The molecule has 5 aromatic rings. The SMILES string of the molecule is Cc1cc2ncccc2cc1C(C)n1c(F)nc2ncc(-c3ccc(C(=O)O)cc3)nc21. The van der Waals surface area contributed by atoms with E-state index in [1.54, 1.807) is 18.3 Å². The van der Waals surface area contributed by atoms with Crippen LogP contribution in [0.5, 0.6) is 0 Å². The second kappa shape index (κ2) is 7.49. The number of hydrogen-bond donors (Lipinski definition) is 1. The van der Waals surface area contributed by atoms with Crippen LogP contribution >= 0.6 is 0 Å². The van der Waals surface area contributed by atoms with Gasteiger partial charge in [0, 0.05) is 17.1 Å². The van der Waals surface area contributed by atoms with Gasteiger partial charge in [-0.2, -0.15) is 9.37 Å². The van der Waals surface area contributed by atoms with Crippen LogP contribution in [0.1, 0.15) is 34.5 Å². The molecule has 1 N–H and O–H groups in total. The molecule has 1 unspecified atom stereocenters. The molecular formula is C24H18FN5O2. The normalized spacial score (nSPS) is 12.3. The van der Waals surface area contributed by atoms with E-state index in [0.717, 1.165) is 22.0 Å². The summed E-state index contributed by atoms with van der Waals surface area (Å²) in [5.74, 6) is -1.01. The maximum absolute atomic E-state index is 15.0. The first-order chi connectivity index (χ1) is 15.4. The van der Waals surface area contributed by atoms with Crippen molar-refractivity contribution >= 4 is 28.2 Å². The lowest BCUT2D eigenvalue weighted by atomic mass is 9.99. The van der Waals surface area contributed by atoms with Crippen LogP contribution < -0.4 is 0 Å². The molecule has 0 amide bonds. The molecule has 7 nitrogen and oxygen atoms in total. The van der Waals surface area contributed by atoms with Crippen LogP contribution in [0.3, 0.4) is 0 Å². The number of nitrogens with zero attached hydrogens (tertiary/aromatic N) is 5. The summed E-state index contributed by atoms with van der Waals surface area (Å²) in [6.45, 7) is 3.86. The van der Waals surface area contributed by atoms with E-state index in [0.29, 0.717) is 16.9 Å². The molecule has 0 aliphatic heterocycles. The summed E-state index contributed by atoms with van der Waals surface area (Å²) in [6.07, 6.45) is 2.58. The van der Waals surface area contributed by atoms with Crippen molar-refractivity contribution in [2.24, 2.45) is 0 Å². The Morgan fingerprint density at radius 3 is 2.62 bits per heavy atom. The molecule has 0 fully saturated rings. The molecule has 0 saturated carbocycles. The number of fused-ring (bicyclic) bond motifs is 2. The highest BCUT2D eigenvalue weighted by molar-refractivity contribution is 5.88. The van der Waals surface area contributed by atoms with Crippen molar-refractivity contribution in [2.75, 3.05) is 0 Å². The van der Waals surface area contributed by atoms with Crippen molar-refractivity contribution in [1.29, 1.82) is 0 Å². The van der Waals surface area contributed by atoms with Gasteiger partial charge in [0.25, 0.3) is 6.08 Å². The minimum absolute atomic E-state index is 0.175. The van der Waals surface area contributed by atoms with Gasteiger partial charge in [-0.3, -0.25) is 9.55 Å². The Balaban J connectivity index is 1.62. The molecule has 0 spiro atoms. The fourth-order valence-electron chi connectivity index (χ4n) is 3.94. The van der Waals surface area contributed by atoms with Crippen LogP contribution in [0, 0.1) is 13.0 Å². The summed E-state index contributed by atoms with van der Waals surface area (Å²) < 4.78 is 16.4. The number of imidazole rings is 1. The molecule has 158 valence electrons. The van der Waals surface area contributed by atoms with Gasteiger partial charge in [0.2, 0.25) is 0 Å². The van der Waals surface area contributed by atoms with Crippen LogP contribution in [0.2, 0.25) is 0 Å². The van der Waals surface area contributed by atoms with Gasteiger partial charge in [0.1, 0.15) is 0 Å². The number of benzene rings is 2. The Hall–Kier alpha value is -4.20. The van der Waals surface area contributed by atoms with Gasteiger partial charge < -0.3 is 5.11 Å². The molecule has 2 aromatic carbocycles. The van der Waals surface area contributed by atoms with E-state index < -0.39 is 12.0 Å². The maximum atomic E-state index is 15.0. The van der Waals surface area contributed by atoms with Crippen LogP contribution in [0.15, 0.2) is 60.9 Å². The fourth-order valence-corrected chi connectivity index (χ4v) is 3.94. The lowest BCUT2D eigenvalue weighted by Crippen LogP contribution is -2.12. The second-order valence-corrected chi connectivity index (χ2v) is 7.62. The van der Waals surface area contributed by atoms with Crippen molar-refractivity contribution in [3.8, 4) is 11.3 Å². The van der Waals surface area contributed by atoms with Crippen LogP contribution in [0.25, 0.3) is 33.5 Å². The monoisotopic (exact) mass is 427 g/mol. The van der Waals surface area contributed by atoms with E-state index in [1.165, 1.54) is 22.9 Å². The number of carboxylic acids is 1. The summed E-state index contributed by atoms with van der Waals surface area (Å²) in [5.41, 5.74) is 4.68. The van der Waals surface area contributed by atoms with E-state index in [9.17, 15) is 9.18 Å². The van der Waals surface area contributed by atoms with Crippen molar-refractivity contribution in [1.82, 2.24) is 24.5 Å². The first kappa shape index (κ1) is 19.7. The number of halogens is 1. The molecule has 8 heteroatoms. The summed E-state index contributed by atoms with van der Waals surface area (Å²) in [4.78, 5) is 28.3. The van der Waals surface area contributed by atoms with Gasteiger partial charge in [-0.1, -0.05) is 18.2 Å². The van der Waals surface area contributed by atoms with Gasteiger partial charge in [0.05, 0.1) is 29.0 Å². The molecule has 3 heterocycles. The lowest BCUT2D eigenvalue weighted by Gasteiger charge is -2.18. The first-order valence-electron chi connectivity index (χ1n) is 10.0. The molecule has 0 saturated heterocycles. The number of carboxylic acid groups (broad SMARTS) is 1. The van der Waals surface area contributed by atoms with E-state index >= 15 is 0 Å². The molecule has 0 bridgehead atoms. The van der Waals surface area contributed by atoms with Crippen LogP contribution in [0.4, 0.5) is 4.39 Å². The van der Waals surface area contributed by atoms with Crippen LogP contribution in [-0.2, 0) is 0 Å². The molecule has 32 heavy (non-hydrogen) atoms. The number of aromatic carboxylic acids is 1. The molecule has 0 radical (unpaired) electrons. The van der Waals surface area contributed by atoms with Gasteiger partial charge in [-0.15, -0.1) is 0 Å². The summed E-state index contributed by atoms with van der Waals surface area (Å²) in [5, 5.41) is 10.1. The predicted octanol–water partition coefficient (Wildman–Crippen LogP) is 4.80. The molecule has 0 aliphatic rings. The quantitative estimate of drug-likeness (QED) is 0.443. The van der Waals surface area contributed by atoms with E-state index in [-0.39, 0.29) is 17.3 Å². The number of carbonyl (C=O) groups is 1. The van der Waals surface area contributed by atoms with E-state index in [1.807, 2.05) is 38.1 Å². The summed E-state index contributed by atoms with van der Waals surface area (Å²) in [6, 6.07) is 13.7. The predicted molar refractivity (Wildman–Crippen MR) is 118 cm³/mol. The Morgan fingerprint density at radius 1 is 1.09 bits per heavy atom. The minimum atomic E-state index is -1.01. The first-order valence-corrected chi connectivity index (χ1v) is 10.0. The Kier molecular flexibility index (Phi) is 4.62. The molecule has 0 aliphatic carbocycles. The molecule has 3 aromatic heterocycles. The summed E-state index contributed by atoms with van der Waals surface area (Å²) >= 11 is 0. The fraction of sp³-hybridized carbons (Fsp3) is 0.125.